The molecule has 0 unspecified atom stereocenters. The van der Waals surface area contributed by atoms with Gasteiger partial charge in [0.1, 0.15) is 11.6 Å². The van der Waals surface area contributed by atoms with E-state index in [1.165, 1.54) is 0 Å². The Balaban J connectivity index is 1.33. The quantitative estimate of drug-likeness (QED) is 0.756. The third kappa shape index (κ3) is 3.53. The molecule has 1 amide bonds. The van der Waals surface area contributed by atoms with Gasteiger partial charge >= 0.3 is 0 Å². The van der Waals surface area contributed by atoms with Crippen molar-refractivity contribution in [2.45, 2.75) is 18.8 Å². The zero-order valence-electron chi connectivity index (χ0n) is 14.3. The fourth-order valence-electron chi connectivity index (χ4n) is 3.36. The number of amides is 1. The summed E-state index contributed by atoms with van der Waals surface area (Å²) in [5.41, 5.74) is 2.06. The molecular weight excluding hydrogens is 350 g/mol. The minimum Gasteiger partial charge on any atom is -0.482 e. The second-order valence-corrected chi connectivity index (χ2v) is 6.92. The van der Waals surface area contributed by atoms with Crippen LogP contribution >= 0.6 is 11.6 Å². The number of imidazole rings is 1. The van der Waals surface area contributed by atoms with Gasteiger partial charge in [0.2, 0.25) is 0 Å². The van der Waals surface area contributed by atoms with Gasteiger partial charge in [0.15, 0.2) is 6.61 Å². The Morgan fingerprint density at radius 1 is 1.15 bits per heavy atom. The van der Waals surface area contributed by atoms with Crippen molar-refractivity contribution in [3.8, 4) is 5.75 Å². The molecule has 26 heavy (non-hydrogen) atoms. The highest BCUT2D eigenvalue weighted by Crippen LogP contribution is 2.28. The van der Waals surface area contributed by atoms with Crippen LogP contribution in [0.3, 0.4) is 0 Å². The molecule has 6 heteroatoms. The van der Waals surface area contributed by atoms with Crippen molar-refractivity contribution >= 4 is 28.5 Å². The van der Waals surface area contributed by atoms with E-state index in [0.717, 1.165) is 29.7 Å². The summed E-state index contributed by atoms with van der Waals surface area (Å²) in [5.74, 6) is 1.91. The lowest BCUT2D eigenvalue weighted by Gasteiger charge is -2.31. The molecule has 0 bridgehead atoms. The Morgan fingerprint density at radius 3 is 2.65 bits per heavy atom. The smallest absolute Gasteiger partial charge is 0.260 e. The van der Waals surface area contributed by atoms with Gasteiger partial charge in [-0.15, -0.1) is 0 Å². The Kier molecular flexibility index (Phi) is 4.80. The number of nitrogens with zero attached hydrogens (tertiary/aromatic N) is 2. The number of ether oxygens (including phenoxy) is 1. The predicted octanol–water partition coefficient (Wildman–Crippen LogP) is 4.00. The summed E-state index contributed by atoms with van der Waals surface area (Å²) in [4.78, 5) is 22.4. The highest BCUT2D eigenvalue weighted by atomic mass is 35.5. The average molecular weight is 370 g/mol. The van der Waals surface area contributed by atoms with Crippen molar-refractivity contribution in [2.24, 2.45) is 0 Å². The van der Waals surface area contributed by atoms with Crippen LogP contribution in [0.1, 0.15) is 24.6 Å². The molecule has 1 aromatic heterocycles. The molecule has 1 fully saturated rings. The number of halogens is 1. The van der Waals surface area contributed by atoms with Crippen molar-refractivity contribution in [2.75, 3.05) is 19.7 Å². The van der Waals surface area contributed by atoms with Crippen LogP contribution in [-0.2, 0) is 4.79 Å². The first-order valence-corrected chi connectivity index (χ1v) is 9.18. The van der Waals surface area contributed by atoms with E-state index in [1.54, 1.807) is 12.1 Å². The molecule has 0 saturated carbocycles. The molecule has 5 nitrogen and oxygen atoms in total. The van der Waals surface area contributed by atoms with Gasteiger partial charge in [-0.2, -0.15) is 0 Å². The van der Waals surface area contributed by atoms with Crippen molar-refractivity contribution in [3.05, 3.63) is 59.4 Å². The maximum Gasteiger partial charge on any atom is 0.260 e. The minimum absolute atomic E-state index is 0.00650. The number of hydrogen-bond donors (Lipinski definition) is 1. The molecular formula is C20H20ClN3O2. The van der Waals surface area contributed by atoms with Gasteiger partial charge in [0.25, 0.3) is 5.91 Å². The van der Waals surface area contributed by atoms with E-state index in [4.69, 9.17) is 21.3 Å². The van der Waals surface area contributed by atoms with Gasteiger partial charge < -0.3 is 14.6 Å². The highest BCUT2D eigenvalue weighted by Gasteiger charge is 2.26. The molecule has 0 spiro atoms. The number of nitrogens with one attached hydrogen (secondary N) is 1. The molecule has 1 N–H and O–H groups in total. The molecule has 3 aromatic rings. The summed E-state index contributed by atoms with van der Waals surface area (Å²) in [6.45, 7) is 1.44. The Morgan fingerprint density at radius 2 is 1.88 bits per heavy atom. The van der Waals surface area contributed by atoms with Gasteiger partial charge in [0, 0.05) is 19.0 Å². The van der Waals surface area contributed by atoms with Crippen molar-refractivity contribution in [1.82, 2.24) is 14.9 Å². The number of carbonyl (C=O) groups is 1. The lowest BCUT2D eigenvalue weighted by atomic mass is 9.96. The fraction of sp³-hybridized carbons (Fsp3) is 0.300. The molecule has 2 heterocycles. The molecule has 0 atom stereocenters. The molecule has 1 saturated heterocycles. The van der Waals surface area contributed by atoms with E-state index in [9.17, 15) is 4.79 Å². The van der Waals surface area contributed by atoms with Crippen LogP contribution in [0.25, 0.3) is 11.0 Å². The number of carbonyl (C=O) groups excluding carboxylic acids is 1. The number of piperidine rings is 1. The van der Waals surface area contributed by atoms with Crippen LogP contribution in [0.4, 0.5) is 0 Å². The minimum atomic E-state index is -0.00650. The van der Waals surface area contributed by atoms with Gasteiger partial charge in [-0.25, -0.2) is 4.98 Å². The third-order valence-corrected chi connectivity index (χ3v) is 5.14. The van der Waals surface area contributed by atoms with Crippen molar-refractivity contribution in [1.29, 1.82) is 0 Å². The summed E-state index contributed by atoms with van der Waals surface area (Å²) in [6.07, 6.45) is 1.80. The lowest BCUT2D eigenvalue weighted by molar-refractivity contribution is -0.134. The predicted molar refractivity (Wildman–Crippen MR) is 102 cm³/mol. The summed E-state index contributed by atoms with van der Waals surface area (Å²) < 4.78 is 5.56. The zero-order chi connectivity index (χ0) is 17.9. The Bertz CT molecular complexity index is 883. The zero-order valence-corrected chi connectivity index (χ0v) is 15.1. The number of H-pyrrole nitrogens is 1. The van der Waals surface area contributed by atoms with E-state index in [2.05, 4.69) is 4.98 Å². The lowest BCUT2D eigenvalue weighted by Crippen LogP contribution is -2.40. The van der Waals surface area contributed by atoms with E-state index < -0.39 is 0 Å². The summed E-state index contributed by atoms with van der Waals surface area (Å²) in [5, 5.41) is 0.517. The summed E-state index contributed by atoms with van der Waals surface area (Å²) >= 11 is 6.05. The number of aromatic nitrogens is 2. The number of benzene rings is 2. The Hall–Kier alpha value is -2.53. The monoisotopic (exact) mass is 369 g/mol. The fourth-order valence-corrected chi connectivity index (χ4v) is 3.55. The number of fused-ring (bicyclic) bond motifs is 1. The molecule has 1 aliphatic heterocycles. The van der Waals surface area contributed by atoms with E-state index in [-0.39, 0.29) is 12.5 Å². The van der Waals surface area contributed by atoms with Crippen molar-refractivity contribution < 1.29 is 9.53 Å². The number of rotatable bonds is 4. The number of aromatic amines is 1. The van der Waals surface area contributed by atoms with Crippen LogP contribution in [0.5, 0.6) is 5.75 Å². The van der Waals surface area contributed by atoms with E-state index in [0.29, 0.717) is 29.8 Å². The molecule has 134 valence electrons. The molecule has 0 aliphatic carbocycles. The first kappa shape index (κ1) is 16.9. The number of hydrogen-bond acceptors (Lipinski definition) is 3. The van der Waals surface area contributed by atoms with Crippen LogP contribution in [0, 0.1) is 0 Å². The van der Waals surface area contributed by atoms with Crippen LogP contribution in [-0.4, -0.2) is 40.5 Å². The molecule has 0 radical (unpaired) electrons. The maximum absolute atomic E-state index is 12.4. The normalized spacial score (nSPS) is 15.3. The van der Waals surface area contributed by atoms with Gasteiger partial charge in [-0.05, 0) is 37.1 Å². The largest absolute Gasteiger partial charge is 0.482 e. The standard InChI is InChI=1S/C20H20ClN3O2/c21-15-5-1-4-8-18(15)26-13-19(25)24-11-9-14(10-12-24)20-22-16-6-2-3-7-17(16)23-20/h1-8,14H,9-13H2,(H,22,23). The molecule has 1 aliphatic rings. The van der Waals surface area contributed by atoms with E-state index in [1.807, 2.05) is 41.3 Å². The number of para-hydroxylation sites is 3. The first-order valence-electron chi connectivity index (χ1n) is 8.80. The summed E-state index contributed by atoms with van der Waals surface area (Å²) in [6, 6.07) is 15.2. The SMILES string of the molecule is O=C(COc1ccccc1Cl)N1CCC(c2nc3ccccc3[nH]2)CC1. The van der Waals surface area contributed by atoms with Crippen LogP contribution in [0.15, 0.2) is 48.5 Å². The third-order valence-electron chi connectivity index (χ3n) is 4.83. The summed E-state index contributed by atoms with van der Waals surface area (Å²) in [7, 11) is 0. The van der Waals surface area contributed by atoms with Crippen LogP contribution in [0.2, 0.25) is 5.02 Å². The van der Waals surface area contributed by atoms with Gasteiger partial charge in [-0.1, -0.05) is 35.9 Å². The second kappa shape index (κ2) is 7.38. The molecule has 2 aromatic carbocycles. The average Bonchev–Trinajstić information content (AvgIpc) is 3.11. The topological polar surface area (TPSA) is 58.2 Å². The molecule has 4 rings (SSSR count). The highest BCUT2D eigenvalue weighted by molar-refractivity contribution is 6.32. The van der Waals surface area contributed by atoms with Gasteiger partial charge in [-0.3, -0.25) is 4.79 Å². The second-order valence-electron chi connectivity index (χ2n) is 6.51. The van der Waals surface area contributed by atoms with Gasteiger partial charge in [0.05, 0.1) is 16.1 Å². The van der Waals surface area contributed by atoms with Crippen LogP contribution < -0.4 is 4.74 Å². The van der Waals surface area contributed by atoms with E-state index >= 15 is 0 Å². The number of likely N-dealkylation sites (tertiary alicyclic amines) is 1. The van der Waals surface area contributed by atoms with Crippen molar-refractivity contribution in [3.63, 3.8) is 0 Å². The maximum atomic E-state index is 12.4. The Labute approximate surface area is 156 Å². The first-order chi connectivity index (χ1) is 12.7.